The van der Waals surface area contributed by atoms with E-state index in [1.54, 1.807) is 11.3 Å². The van der Waals surface area contributed by atoms with Crippen LogP contribution >= 0.6 is 11.3 Å². The summed E-state index contributed by atoms with van der Waals surface area (Å²) in [6.07, 6.45) is 0. The van der Waals surface area contributed by atoms with Gasteiger partial charge in [0.15, 0.2) is 23.1 Å². The highest BCUT2D eigenvalue weighted by Crippen LogP contribution is 2.43. The lowest BCUT2D eigenvalue weighted by Gasteiger charge is -2.09. The SMILES string of the molecule is c1ccc(-c2nc(-c3ccccc3)nc(-c3ccc4c(ccc5c6ccc7nc(-c8ccccc8)oc7c6sc45)c3)n2)cc1. The van der Waals surface area contributed by atoms with Gasteiger partial charge in [0.1, 0.15) is 5.52 Å². The summed E-state index contributed by atoms with van der Waals surface area (Å²) in [5.41, 5.74) is 5.53. The summed E-state index contributed by atoms with van der Waals surface area (Å²) in [5, 5.41) is 4.70. The minimum absolute atomic E-state index is 0.641. The number of thiophene rings is 1. The zero-order valence-electron chi connectivity index (χ0n) is 23.3. The van der Waals surface area contributed by atoms with Crippen molar-refractivity contribution < 1.29 is 4.42 Å². The number of nitrogens with zero attached hydrogens (tertiary/aromatic N) is 4. The maximum atomic E-state index is 6.36. The Morgan fingerprint density at radius 3 is 1.64 bits per heavy atom. The molecule has 3 heterocycles. The molecule has 0 saturated heterocycles. The van der Waals surface area contributed by atoms with Crippen LogP contribution in [0.1, 0.15) is 0 Å². The number of rotatable bonds is 4. The summed E-state index contributed by atoms with van der Waals surface area (Å²) < 4.78 is 8.69. The standard InChI is InChI=1S/C38H22N4OS/c1-4-10-23(11-5-1)35-40-36(24-12-6-2-7-13-24)42-37(41-35)27-17-18-28-26(22-27)16-19-29-30-20-21-31-32(34(30)44-33(28)29)43-38(39-31)25-14-8-3-9-15-25/h1-22H. The molecule has 0 bridgehead atoms. The van der Waals surface area contributed by atoms with Gasteiger partial charge in [-0.25, -0.2) is 19.9 Å². The van der Waals surface area contributed by atoms with Crippen LogP contribution in [-0.2, 0) is 0 Å². The monoisotopic (exact) mass is 582 g/mol. The molecule has 206 valence electrons. The Morgan fingerprint density at radius 1 is 0.432 bits per heavy atom. The molecule has 0 atom stereocenters. The van der Waals surface area contributed by atoms with Crippen molar-refractivity contribution >= 4 is 53.4 Å². The van der Waals surface area contributed by atoms with Gasteiger partial charge in [0.05, 0.1) is 4.70 Å². The Bertz CT molecular complexity index is 2430. The van der Waals surface area contributed by atoms with Crippen LogP contribution in [0.15, 0.2) is 138 Å². The van der Waals surface area contributed by atoms with Crippen molar-refractivity contribution in [2.24, 2.45) is 0 Å². The van der Waals surface area contributed by atoms with Gasteiger partial charge in [0, 0.05) is 37.7 Å². The number of fused-ring (bicyclic) bond motifs is 7. The fourth-order valence-electron chi connectivity index (χ4n) is 5.79. The first-order valence-corrected chi connectivity index (χ1v) is 15.2. The highest BCUT2D eigenvalue weighted by atomic mass is 32.1. The number of benzene rings is 6. The highest BCUT2D eigenvalue weighted by molar-refractivity contribution is 7.27. The highest BCUT2D eigenvalue weighted by Gasteiger charge is 2.17. The van der Waals surface area contributed by atoms with Crippen LogP contribution < -0.4 is 0 Å². The van der Waals surface area contributed by atoms with Crippen molar-refractivity contribution in [3.05, 3.63) is 133 Å². The molecular weight excluding hydrogens is 561 g/mol. The first-order chi connectivity index (χ1) is 21.8. The second-order valence-corrected chi connectivity index (χ2v) is 11.7. The summed E-state index contributed by atoms with van der Waals surface area (Å²) in [6, 6.07) is 45.3. The molecule has 0 N–H and O–H groups in total. The quantitative estimate of drug-likeness (QED) is 0.207. The Morgan fingerprint density at radius 2 is 0.977 bits per heavy atom. The lowest BCUT2D eigenvalue weighted by Crippen LogP contribution is -2.00. The van der Waals surface area contributed by atoms with E-state index in [1.807, 2.05) is 91.0 Å². The fourth-order valence-corrected chi connectivity index (χ4v) is 7.10. The summed E-state index contributed by atoms with van der Waals surface area (Å²) in [7, 11) is 0. The van der Waals surface area contributed by atoms with Gasteiger partial charge in [-0.05, 0) is 35.0 Å². The van der Waals surface area contributed by atoms with Crippen LogP contribution in [0.3, 0.4) is 0 Å². The zero-order chi connectivity index (χ0) is 29.0. The van der Waals surface area contributed by atoms with E-state index < -0.39 is 0 Å². The van der Waals surface area contributed by atoms with Gasteiger partial charge < -0.3 is 4.42 Å². The maximum absolute atomic E-state index is 6.36. The van der Waals surface area contributed by atoms with E-state index in [2.05, 4.69) is 42.5 Å². The molecule has 0 amide bonds. The third-order valence-corrected chi connectivity index (χ3v) is 9.21. The van der Waals surface area contributed by atoms with Crippen LogP contribution in [0.25, 0.3) is 87.7 Å². The molecule has 0 unspecified atom stereocenters. The summed E-state index contributed by atoms with van der Waals surface area (Å²) in [5.74, 6) is 2.59. The second kappa shape index (κ2) is 9.93. The van der Waals surface area contributed by atoms with Gasteiger partial charge in [0.2, 0.25) is 5.89 Å². The lowest BCUT2D eigenvalue weighted by molar-refractivity contribution is 0.623. The predicted molar refractivity (Wildman–Crippen MR) is 180 cm³/mol. The predicted octanol–water partition coefficient (Wildman–Crippen LogP) is 10.2. The molecule has 5 nitrogen and oxygen atoms in total. The largest absolute Gasteiger partial charge is 0.435 e. The zero-order valence-corrected chi connectivity index (χ0v) is 24.1. The number of hydrogen-bond acceptors (Lipinski definition) is 6. The Labute approximate surface area is 256 Å². The molecule has 44 heavy (non-hydrogen) atoms. The van der Waals surface area contributed by atoms with E-state index in [-0.39, 0.29) is 0 Å². The normalized spacial score (nSPS) is 11.6. The Hall–Kier alpha value is -5.72. The van der Waals surface area contributed by atoms with E-state index in [0.29, 0.717) is 23.4 Å². The van der Waals surface area contributed by atoms with Crippen LogP contribution in [-0.4, -0.2) is 19.9 Å². The average molecular weight is 583 g/mol. The molecule has 6 aromatic carbocycles. The molecule has 0 aliphatic rings. The second-order valence-electron chi connectivity index (χ2n) is 10.7. The lowest BCUT2D eigenvalue weighted by atomic mass is 10.0. The molecule has 0 spiro atoms. The van der Waals surface area contributed by atoms with E-state index in [4.69, 9.17) is 24.4 Å². The van der Waals surface area contributed by atoms with Crippen molar-refractivity contribution in [3.63, 3.8) is 0 Å². The van der Waals surface area contributed by atoms with E-state index in [9.17, 15) is 0 Å². The molecule has 9 rings (SSSR count). The van der Waals surface area contributed by atoms with Gasteiger partial charge in [-0.1, -0.05) is 109 Å². The Balaban J connectivity index is 1.20. The minimum Gasteiger partial charge on any atom is -0.435 e. The van der Waals surface area contributed by atoms with Gasteiger partial charge in [-0.2, -0.15) is 0 Å². The van der Waals surface area contributed by atoms with Crippen molar-refractivity contribution in [2.75, 3.05) is 0 Å². The smallest absolute Gasteiger partial charge is 0.227 e. The van der Waals surface area contributed by atoms with Crippen LogP contribution in [0.5, 0.6) is 0 Å². The van der Waals surface area contributed by atoms with Crippen molar-refractivity contribution in [1.29, 1.82) is 0 Å². The van der Waals surface area contributed by atoms with Crippen molar-refractivity contribution in [3.8, 4) is 45.6 Å². The molecule has 0 radical (unpaired) electrons. The van der Waals surface area contributed by atoms with Gasteiger partial charge in [-0.15, -0.1) is 11.3 Å². The molecule has 6 heteroatoms. The maximum Gasteiger partial charge on any atom is 0.227 e. The van der Waals surface area contributed by atoms with E-state index in [0.717, 1.165) is 43.4 Å². The van der Waals surface area contributed by atoms with Crippen molar-refractivity contribution in [2.45, 2.75) is 0 Å². The average Bonchev–Trinajstić information content (AvgIpc) is 3.71. The topological polar surface area (TPSA) is 64.7 Å². The number of hydrogen-bond donors (Lipinski definition) is 0. The molecule has 3 aromatic heterocycles. The van der Waals surface area contributed by atoms with Crippen molar-refractivity contribution in [1.82, 2.24) is 19.9 Å². The first kappa shape index (κ1) is 24.8. The number of oxazole rings is 1. The summed E-state index contributed by atoms with van der Waals surface area (Å²) in [4.78, 5) is 19.5. The molecule has 9 aromatic rings. The van der Waals surface area contributed by atoms with Crippen LogP contribution in [0.2, 0.25) is 0 Å². The first-order valence-electron chi connectivity index (χ1n) is 14.4. The molecule has 0 saturated carbocycles. The molecule has 0 aliphatic heterocycles. The minimum atomic E-state index is 0.641. The third kappa shape index (κ3) is 4.07. The third-order valence-electron chi connectivity index (χ3n) is 7.96. The van der Waals surface area contributed by atoms with Gasteiger partial charge in [-0.3, -0.25) is 0 Å². The van der Waals surface area contributed by atoms with Crippen LogP contribution in [0.4, 0.5) is 0 Å². The molecule has 0 fully saturated rings. The number of aromatic nitrogens is 4. The van der Waals surface area contributed by atoms with Crippen LogP contribution in [0, 0.1) is 0 Å². The molecular formula is C38H22N4OS. The van der Waals surface area contributed by atoms with Gasteiger partial charge >= 0.3 is 0 Å². The Kier molecular flexibility index (Phi) is 5.61. The van der Waals surface area contributed by atoms with Gasteiger partial charge in [0.25, 0.3) is 0 Å². The molecule has 0 aliphatic carbocycles. The fraction of sp³-hybridized carbons (Fsp3) is 0. The van der Waals surface area contributed by atoms with E-state index >= 15 is 0 Å². The van der Waals surface area contributed by atoms with E-state index in [1.165, 1.54) is 20.9 Å². The summed E-state index contributed by atoms with van der Waals surface area (Å²) >= 11 is 1.76. The summed E-state index contributed by atoms with van der Waals surface area (Å²) in [6.45, 7) is 0.